The van der Waals surface area contributed by atoms with Gasteiger partial charge in [-0.1, -0.05) is 12.1 Å². The van der Waals surface area contributed by atoms with Gasteiger partial charge in [-0.3, -0.25) is 14.4 Å². The predicted molar refractivity (Wildman–Crippen MR) is 137 cm³/mol. The van der Waals surface area contributed by atoms with Gasteiger partial charge in [-0.15, -0.1) is 0 Å². The molecule has 11 heteroatoms. The van der Waals surface area contributed by atoms with Crippen molar-refractivity contribution in [2.24, 2.45) is 0 Å². The second-order valence-corrected chi connectivity index (χ2v) is 8.72. The van der Waals surface area contributed by atoms with Gasteiger partial charge in [0, 0.05) is 32.4 Å². The fourth-order valence-corrected chi connectivity index (χ4v) is 3.93. The first kappa shape index (κ1) is 27.7. The van der Waals surface area contributed by atoms with Crippen LogP contribution >= 0.6 is 0 Å². The molecule has 0 unspecified atom stereocenters. The minimum atomic E-state index is -0.737. The smallest absolute Gasteiger partial charge is 0.303 e. The number of fused-ring (bicyclic) bond motifs is 1. The van der Waals surface area contributed by atoms with E-state index in [1.807, 2.05) is 0 Å². The molecule has 1 aliphatic heterocycles. The molecule has 0 spiro atoms. The first-order valence-electron chi connectivity index (χ1n) is 12.2. The molecule has 0 bridgehead atoms. The van der Waals surface area contributed by atoms with E-state index >= 15 is 0 Å². The minimum Gasteiger partial charge on any atom is -0.508 e. The van der Waals surface area contributed by atoms with E-state index in [0.29, 0.717) is 17.7 Å². The topological polar surface area (TPSA) is 151 Å². The SMILES string of the molecule is CC(=O)OC[C@H]1O[C@H](OCCCOc2cc(O)c3c(=O)c(-c4ccc(O)cc4)coc3c2)C=C[C@@H]1OC(C)=O. The fraction of sp³-hybridized carbons (Fsp3) is 0.321. The summed E-state index contributed by atoms with van der Waals surface area (Å²) in [6.07, 6.45) is 2.83. The highest BCUT2D eigenvalue weighted by molar-refractivity contribution is 5.88. The van der Waals surface area contributed by atoms with Crippen LogP contribution < -0.4 is 10.2 Å². The van der Waals surface area contributed by atoms with Crippen LogP contribution in [0.3, 0.4) is 0 Å². The second kappa shape index (κ2) is 12.5. The van der Waals surface area contributed by atoms with Gasteiger partial charge < -0.3 is 38.3 Å². The third-order valence-electron chi connectivity index (χ3n) is 5.73. The first-order valence-corrected chi connectivity index (χ1v) is 12.2. The van der Waals surface area contributed by atoms with Crippen LogP contribution in [0.2, 0.25) is 0 Å². The maximum absolute atomic E-state index is 13.0. The zero-order valence-electron chi connectivity index (χ0n) is 21.3. The lowest BCUT2D eigenvalue weighted by atomic mass is 10.0. The van der Waals surface area contributed by atoms with Crippen LogP contribution in [0.4, 0.5) is 0 Å². The van der Waals surface area contributed by atoms with Crippen molar-refractivity contribution in [1.29, 1.82) is 0 Å². The maximum Gasteiger partial charge on any atom is 0.303 e. The molecule has 1 aromatic heterocycles. The largest absolute Gasteiger partial charge is 0.508 e. The van der Waals surface area contributed by atoms with Gasteiger partial charge in [0.2, 0.25) is 5.43 Å². The van der Waals surface area contributed by atoms with Gasteiger partial charge in [-0.05, 0) is 29.8 Å². The van der Waals surface area contributed by atoms with Gasteiger partial charge in [0.1, 0.15) is 53.3 Å². The molecular formula is C28H28O11. The molecule has 11 nitrogen and oxygen atoms in total. The summed E-state index contributed by atoms with van der Waals surface area (Å²) in [5.41, 5.74) is 0.537. The highest BCUT2D eigenvalue weighted by Crippen LogP contribution is 2.31. The van der Waals surface area contributed by atoms with Crippen LogP contribution in [-0.4, -0.2) is 60.5 Å². The van der Waals surface area contributed by atoms with Crippen LogP contribution in [0.1, 0.15) is 20.3 Å². The molecule has 4 rings (SSSR count). The molecule has 0 saturated carbocycles. The molecule has 3 atom stereocenters. The van der Waals surface area contributed by atoms with E-state index in [-0.39, 0.29) is 47.9 Å². The molecule has 0 radical (unpaired) electrons. The summed E-state index contributed by atoms with van der Waals surface area (Å²) in [6.45, 7) is 2.92. The van der Waals surface area contributed by atoms with Crippen LogP contribution in [0.25, 0.3) is 22.1 Å². The van der Waals surface area contributed by atoms with E-state index in [1.165, 1.54) is 44.4 Å². The number of hydrogen-bond acceptors (Lipinski definition) is 11. The van der Waals surface area contributed by atoms with Gasteiger partial charge in [-0.2, -0.15) is 0 Å². The zero-order chi connectivity index (χ0) is 27.9. The van der Waals surface area contributed by atoms with E-state index in [4.69, 9.17) is 28.1 Å². The Morgan fingerprint density at radius 3 is 2.49 bits per heavy atom. The Morgan fingerprint density at radius 2 is 1.77 bits per heavy atom. The lowest BCUT2D eigenvalue weighted by Crippen LogP contribution is -2.42. The number of benzene rings is 2. The summed E-state index contributed by atoms with van der Waals surface area (Å²) >= 11 is 0. The molecule has 2 aromatic carbocycles. The molecule has 0 saturated heterocycles. The van der Waals surface area contributed by atoms with E-state index < -0.39 is 35.9 Å². The van der Waals surface area contributed by atoms with Crippen molar-refractivity contribution in [2.75, 3.05) is 19.8 Å². The van der Waals surface area contributed by atoms with E-state index in [2.05, 4.69) is 0 Å². The quantitative estimate of drug-likeness (QED) is 0.221. The van der Waals surface area contributed by atoms with Crippen molar-refractivity contribution in [3.8, 4) is 28.4 Å². The third kappa shape index (κ3) is 7.15. The van der Waals surface area contributed by atoms with Crippen molar-refractivity contribution in [3.05, 3.63) is 65.0 Å². The normalized spacial score (nSPS) is 18.6. The van der Waals surface area contributed by atoms with E-state index in [0.717, 1.165) is 0 Å². The van der Waals surface area contributed by atoms with E-state index in [1.54, 1.807) is 24.3 Å². The Hall–Kier alpha value is -4.35. The van der Waals surface area contributed by atoms with Crippen LogP contribution in [0.5, 0.6) is 17.2 Å². The lowest BCUT2D eigenvalue weighted by molar-refractivity contribution is -0.197. The molecule has 0 amide bonds. The van der Waals surface area contributed by atoms with Crippen molar-refractivity contribution in [1.82, 2.24) is 0 Å². The number of phenolic OH excluding ortho intramolecular Hbond substituents is 2. The third-order valence-corrected chi connectivity index (χ3v) is 5.73. The summed E-state index contributed by atoms with van der Waals surface area (Å²) in [5, 5.41) is 20.0. The Balaban J connectivity index is 1.32. The summed E-state index contributed by atoms with van der Waals surface area (Å²) < 4.78 is 32.9. The molecule has 206 valence electrons. The molecule has 0 fully saturated rings. The molecule has 2 N–H and O–H groups in total. The Morgan fingerprint density at radius 1 is 1.00 bits per heavy atom. The Labute approximate surface area is 223 Å². The van der Waals surface area contributed by atoms with E-state index in [9.17, 15) is 24.6 Å². The van der Waals surface area contributed by atoms with Gasteiger partial charge in [0.15, 0.2) is 6.29 Å². The Kier molecular flexibility index (Phi) is 8.84. The predicted octanol–water partition coefficient (Wildman–Crippen LogP) is 3.43. The lowest BCUT2D eigenvalue weighted by Gasteiger charge is -2.31. The minimum absolute atomic E-state index is 0.0212. The summed E-state index contributed by atoms with van der Waals surface area (Å²) in [7, 11) is 0. The molecule has 39 heavy (non-hydrogen) atoms. The number of carbonyl (C=O) groups is 2. The van der Waals surface area contributed by atoms with Gasteiger partial charge in [0.25, 0.3) is 0 Å². The summed E-state index contributed by atoms with van der Waals surface area (Å²) in [6, 6.07) is 8.92. The number of aromatic hydroxyl groups is 2. The van der Waals surface area contributed by atoms with Gasteiger partial charge >= 0.3 is 11.9 Å². The van der Waals surface area contributed by atoms with Crippen LogP contribution in [0, 0.1) is 0 Å². The monoisotopic (exact) mass is 540 g/mol. The maximum atomic E-state index is 13.0. The zero-order valence-corrected chi connectivity index (χ0v) is 21.3. The molecule has 1 aliphatic rings. The number of hydrogen-bond donors (Lipinski definition) is 2. The average molecular weight is 541 g/mol. The van der Waals surface area contributed by atoms with Crippen molar-refractivity contribution < 1.29 is 47.9 Å². The highest BCUT2D eigenvalue weighted by Gasteiger charge is 2.31. The highest BCUT2D eigenvalue weighted by atomic mass is 16.7. The first-order chi connectivity index (χ1) is 18.7. The Bertz CT molecular complexity index is 1410. The molecule has 0 aliphatic carbocycles. The second-order valence-electron chi connectivity index (χ2n) is 8.72. The fourth-order valence-electron chi connectivity index (χ4n) is 3.93. The number of carbonyl (C=O) groups excluding carboxylic acids is 2. The van der Waals surface area contributed by atoms with Crippen molar-refractivity contribution in [3.63, 3.8) is 0 Å². The molecule has 3 aromatic rings. The van der Waals surface area contributed by atoms with Gasteiger partial charge in [-0.25, -0.2) is 0 Å². The number of ether oxygens (including phenoxy) is 5. The number of esters is 2. The van der Waals surface area contributed by atoms with Crippen molar-refractivity contribution in [2.45, 2.75) is 38.8 Å². The van der Waals surface area contributed by atoms with Crippen molar-refractivity contribution >= 4 is 22.9 Å². The number of rotatable bonds is 10. The van der Waals surface area contributed by atoms with Gasteiger partial charge in [0.05, 0.1) is 18.8 Å². The van der Waals surface area contributed by atoms with Crippen LogP contribution in [-0.2, 0) is 28.5 Å². The summed E-state index contributed by atoms with van der Waals surface area (Å²) in [4.78, 5) is 35.4. The van der Waals surface area contributed by atoms with Crippen LogP contribution in [0.15, 0.2) is 64.0 Å². The standard InChI is InChI=1S/C28H28O11/c1-16(29)36-15-25-23(38-17(2)30)8-9-26(39-25)35-11-3-10-34-20-12-22(32)27-24(13-20)37-14-21(28(27)33)18-4-6-19(31)7-5-18/h4-9,12-14,23,25-26,31-32H,3,10-11,15H2,1-2H3/t23-,25+,26-/m0/s1. The molecule has 2 heterocycles. The number of phenols is 2. The average Bonchev–Trinajstić information content (AvgIpc) is 2.88. The summed E-state index contributed by atoms with van der Waals surface area (Å²) in [5.74, 6) is -0.886. The molecular weight excluding hydrogens is 512 g/mol.